The van der Waals surface area contributed by atoms with Gasteiger partial charge in [0.1, 0.15) is 0 Å². The van der Waals surface area contributed by atoms with E-state index < -0.39 is 10.8 Å². The van der Waals surface area contributed by atoms with Crippen molar-refractivity contribution in [2.45, 2.75) is 6.54 Å². The lowest BCUT2D eigenvalue weighted by atomic mass is 10.1. The van der Waals surface area contributed by atoms with Crippen LogP contribution in [0.5, 0.6) is 0 Å². The average molecular weight is 461 g/mol. The number of non-ortho nitro benzene ring substituents is 1. The average Bonchev–Trinajstić information content (AvgIpc) is 2.82. The normalized spacial score (nSPS) is 10.4. The Balaban J connectivity index is 1.59. The fourth-order valence-electron chi connectivity index (χ4n) is 2.88. The first-order chi connectivity index (χ1) is 15.9. The Bertz CT molecular complexity index is 1210. The van der Waals surface area contributed by atoms with Crippen LogP contribution in [0.25, 0.3) is 6.08 Å². The number of amides is 2. The van der Waals surface area contributed by atoms with Crippen molar-refractivity contribution in [3.63, 3.8) is 0 Å². The van der Waals surface area contributed by atoms with Gasteiger partial charge in [-0.2, -0.15) is 0 Å². The lowest BCUT2D eigenvalue weighted by Gasteiger charge is -2.13. The molecule has 0 fully saturated rings. The molecular formula is C24H20N4O4S. The van der Waals surface area contributed by atoms with Crippen molar-refractivity contribution in [3.05, 3.63) is 112 Å². The maximum absolute atomic E-state index is 12.6. The fraction of sp³-hybridized carbons (Fsp3) is 0.0417. The Morgan fingerprint density at radius 3 is 2.45 bits per heavy atom. The van der Waals surface area contributed by atoms with Crippen LogP contribution in [0.2, 0.25) is 0 Å². The first kappa shape index (κ1) is 23.3. The number of nitrogens with zero attached hydrogens (tertiary/aromatic N) is 1. The number of anilines is 1. The van der Waals surface area contributed by atoms with E-state index >= 15 is 0 Å². The van der Waals surface area contributed by atoms with Crippen molar-refractivity contribution >= 4 is 46.6 Å². The summed E-state index contributed by atoms with van der Waals surface area (Å²) in [5, 5.41) is 19.1. The molecule has 0 aromatic heterocycles. The molecule has 9 heteroatoms. The molecule has 0 atom stereocenters. The molecule has 0 aliphatic carbocycles. The first-order valence-electron chi connectivity index (χ1n) is 9.88. The molecule has 0 aliphatic heterocycles. The highest BCUT2D eigenvalue weighted by Crippen LogP contribution is 2.16. The molecule has 8 nitrogen and oxygen atoms in total. The Morgan fingerprint density at radius 1 is 0.970 bits per heavy atom. The van der Waals surface area contributed by atoms with Crippen molar-refractivity contribution in [3.8, 4) is 0 Å². The third kappa shape index (κ3) is 7.08. The van der Waals surface area contributed by atoms with Gasteiger partial charge < -0.3 is 10.6 Å². The van der Waals surface area contributed by atoms with E-state index in [1.807, 2.05) is 30.3 Å². The van der Waals surface area contributed by atoms with Crippen LogP contribution in [0.3, 0.4) is 0 Å². The van der Waals surface area contributed by atoms with Crippen LogP contribution in [0.15, 0.2) is 84.9 Å². The third-order valence-electron chi connectivity index (χ3n) is 4.46. The van der Waals surface area contributed by atoms with E-state index in [9.17, 15) is 19.7 Å². The Morgan fingerprint density at radius 2 is 1.70 bits per heavy atom. The van der Waals surface area contributed by atoms with Crippen molar-refractivity contribution in [2.24, 2.45) is 0 Å². The van der Waals surface area contributed by atoms with E-state index in [4.69, 9.17) is 12.2 Å². The lowest BCUT2D eigenvalue weighted by Crippen LogP contribution is -2.33. The number of thiocarbonyl (C=S) groups is 1. The predicted octanol–water partition coefficient (Wildman–Crippen LogP) is 4.05. The van der Waals surface area contributed by atoms with Crippen LogP contribution in [0.4, 0.5) is 11.4 Å². The standard InChI is InChI=1S/C24H20N4O4S/c29-22(14-13-17-9-6-10-19(15-17)28(31)32)27-24(33)26-21-12-5-4-11-20(21)23(30)25-16-18-7-2-1-3-8-18/h1-15H,16H2,(H,25,30)(H2,26,27,29,33)/b14-13+. The fourth-order valence-corrected chi connectivity index (χ4v) is 3.10. The number of nitro benzene ring substituents is 1. The quantitative estimate of drug-likeness (QED) is 0.212. The van der Waals surface area contributed by atoms with Gasteiger partial charge in [-0.25, -0.2) is 0 Å². The van der Waals surface area contributed by atoms with Crippen LogP contribution in [0, 0.1) is 10.1 Å². The lowest BCUT2D eigenvalue weighted by molar-refractivity contribution is -0.384. The summed E-state index contributed by atoms with van der Waals surface area (Å²) in [6.07, 6.45) is 2.65. The molecule has 0 spiro atoms. The first-order valence-corrected chi connectivity index (χ1v) is 10.3. The molecule has 2 amide bonds. The predicted molar refractivity (Wildman–Crippen MR) is 131 cm³/mol. The number of rotatable bonds is 7. The van der Waals surface area contributed by atoms with Gasteiger partial charge >= 0.3 is 0 Å². The summed E-state index contributed by atoms with van der Waals surface area (Å²) in [4.78, 5) is 35.1. The number of nitrogens with one attached hydrogen (secondary N) is 3. The number of nitro groups is 1. The van der Waals surface area contributed by atoms with Gasteiger partial charge in [-0.1, -0.05) is 54.6 Å². The minimum atomic E-state index is -0.523. The van der Waals surface area contributed by atoms with Crippen LogP contribution < -0.4 is 16.0 Å². The number of carbonyl (C=O) groups is 2. The highest BCUT2D eigenvalue weighted by Gasteiger charge is 2.12. The molecule has 3 aromatic carbocycles. The van der Waals surface area contributed by atoms with Gasteiger partial charge in [0.05, 0.1) is 16.2 Å². The molecule has 0 saturated carbocycles. The van der Waals surface area contributed by atoms with Gasteiger partial charge in [-0.05, 0) is 41.6 Å². The molecule has 0 aliphatic rings. The zero-order chi connectivity index (χ0) is 23.6. The maximum Gasteiger partial charge on any atom is 0.270 e. The molecule has 166 valence electrons. The second-order valence-corrected chi connectivity index (χ2v) is 7.25. The number of benzene rings is 3. The highest BCUT2D eigenvalue weighted by atomic mass is 32.1. The van der Waals surface area contributed by atoms with Crippen LogP contribution in [0.1, 0.15) is 21.5 Å². The van der Waals surface area contributed by atoms with E-state index in [1.54, 1.807) is 30.3 Å². The molecule has 0 saturated heterocycles. The zero-order valence-corrected chi connectivity index (χ0v) is 18.2. The van der Waals surface area contributed by atoms with Crippen molar-refractivity contribution in [2.75, 3.05) is 5.32 Å². The summed E-state index contributed by atoms with van der Waals surface area (Å²) in [7, 11) is 0. The highest BCUT2D eigenvalue weighted by molar-refractivity contribution is 7.80. The monoisotopic (exact) mass is 460 g/mol. The molecule has 0 bridgehead atoms. The molecule has 3 rings (SSSR count). The van der Waals surface area contributed by atoms with E-state index in [1.165, 1.54) is 30.4 Å². The molecule has 33 heavy (non-hydrogen) atoms. The summed E-state index contributed by atoms with van der Waals surface area (Å²) in [6.45, 7) is 0.373. The molecule has 0 unspecified atom stereocenters. The second kappa shape index (κ2) is 11.3. The largest absolute Gasteiger partial charge is 0.348 e. The van der Waals surface area contributed by atoms with Crippen LogP contribution in [-0.4, -0.2) is 21.9 Å². The number of para-hydroxylation sites is 1. The van der Waals surface area contributed by atoms with Gasteiger partial charge in [0.25, 0.3) is 11.6 Å². The van der Waals surface area contributed by atoms with E-state index in [0.29, 0.717) is 23.4 Å². The van der Waals surface area contributed by atoms with Crippen molar-refractivity contribution < 1.29 is 14.5 Å². The van der Waals surface area contributed by atoms with Gasteiger partial charge in [-0.3, -0.25) is 25.0 Å². The van der Waals surface area contributed by atoms with Gasteiger partial charge in [-0.15, -0.1) is 0 Å². The van der Waals surface area contributed by atoms with E-state index in [2.05, 4.69) is 16.0 Å². The van der Waals surface area contributed by atoms with E-state index in [-0.39, 0.29) is 16.7 Å². The molecule has 0 heterocycles. The SMILES string of the molecule is O=C(/C=C/c1cccc([N+](=O)[O-])c1)NC(=S)Nc1ccccc1C(=O)NCc1ccccc1. The summed E-state index contributed by atoms with van der Waals surface area (Å²) < 4.78 is 0. The molecule has 3 N–H and O–H groups in total. The summed E-state index contributed by atoms with van der Waals surface area (Å²) in [5.74, 6) is -0.813. The third-order valence-corrected chi connectivity index (χ3v) is 4.66. The van der Waals surface area contributed by atoms with Gasteiger partial charge in [0.15, 0.2) is 5.11 Å². The second-order valence-electron chi connectivity index (χ2n) is 6.84. The minimum absolute atomic E-state index is 0.00648. The van der Waals surface area contributed by atoms with Crippen LogP contribution >= 0.6 is 12.2 Å². The Labute approximate surface area is 195 Å². The molecule has 3 aromatic rings. The summed E-state index contributed by atoms with van der Waals surface area (Å²) in [5.41, 5.74) is 2.21. The molecular weight excluding hydrogens is 440 g/mol. The van der Waals surface area contributed by atoms with Crippen LogP contribution in [-0.2, 0) is 11.3 Å². The number of carbonyl (C=O) groups excluding carboxylic acids is 2. The van der Waals surface area contributed by atoms with Gasteiger partial charge in [0.2, 0.25) is 5.91 Å². The Hall–Kier alpha value is -4.37. The van der Waals surface area contributed by atoms with Crippen molar-refractivity contribution in [1.29, 1.82) is 0 Å². The topological polar surface area (TPSA) is 113 Å². The van der Waals surface area contributed by atoms with E-state index in [0.717, 1.165) is 5.56 Å². The Kier molecular flexibility index (Phi) is 7.98. The number of hydrogen-bond donors (Lipinski definition) is 3. The van der Waals surface area contributed by atoms with Gasteiger partial charge in [0, 0.05) is 24.8 Å². The zero-order valence-electron chi connectivity index (χ0n) is 17.4. The van der Waals surface area contributed by atoms with Crippen molar-refractivity contribution in [1.82, 2.24) is 10.6 Å². The maximum atomic E-state index is 12.6. The minimum Gasteiger partial charge on any atom is -0.348 e. The number of hydrogen-bond acceptors (Lipinski definition) is 5. The smallest absolute Gasteiger partial charge is 0.270 e. The summed E-state index contributed by atoms with van der Waals surface area (Å²) >= 11 is 5.19. The molecule has 0 radical (unpaired) electrons. The summed E-state index contributed by atoms with van der Waals surface area (Å²) in [6, 6.07) is 22.2.